The van der Waals surface area contributed by atoms with E-state index in [1.54, 1.807) is 33.8 Å². The molecule has 0 aliphatic carbocycles. The topological polar surface area (TPSA) is 75.7 Å². The van der Waals surface area contributed by atoms with E-state index >= 15 is 0 Å². The number of alkyl carbamates (subject to hydrolysis) is 1. The molecule has 2 atom stereocenters. The van der Waals surface area contributed by atoms with Gasteiger partial charge in [-0.3, -0.25) is 14.5 Å². The lowest BCUT2D eigenvalue weighted by molar-refractivity contribution is -0.141. The maximum atomic E-state index is 13.4. The molecule has 1 N–H and O–H groups in total. The molecule has 1 aliphatic rings. The Bertz CT molecular complexity index is 669. The second kappa shape index (κ2) is 6.59. The van der Waals surface area contributed by atoms with E-state index in [1.165, 1.54) is 18.2 Å². The number of nitrogens with zero attached hydrogens (tertiary/aromatic N) is 1. The number of hydrogen-bond donors (Lipinski definition) is 1. The van der Waals surface area contributed by atoms with Gasteiger partial charge in [-0.2, -0.15) is 0 Å². The maximum Gasteiger partial charge on any atom is 0.408 e. The molecule has 1 aromatic rings. The van der Waals surface area contributed by atoms with Crippen molar-refractivity contribution >= 4 is 17.9 Å². The van der Waals surface area contributed by atoms with Gasteiger partial charge in [0.25, 0.3) is 5.91 Å². The number of halogens is 1. The molecule has 3 amide bonds. The summed E-state index contributed by atoms with van der Waals surface area (Å²) in [4.78, 5) is 37.5. The Balaban J connectivity index is 2.10. The van der Waals surface area contributed by atoms with Crippen molar-refractivity contribution in [2.24, 2.45) is 0 Å². The molecule has 2 rings (SSSR count). The van der Waals surface area contributed by atoms with Crippen molar-refractivity contribution in [3.05, 3.63) is 35.6 Å². The molecule has 2 unspecified atom stereocenters. The van der Waals surface area contributed by atoms with Crippen LogP contribution in [0, 0.1) is 5.82 Å². The van der Waals surface area contributed by atoms with Crippen molar-refractivity contribution in [3.8, 4) is 0 Å². The lowest BCUT2D eigenvalue weighted by atomic mass is 10.1. The standard InChI is InChI=1S/C17H21FN2O4/c1-10(11-6-5-7-12(18)8-11)20-14(21)9-13(15(20)22)19-16(23)24-17(2,3)4/h5-8,10,13H,9H2,1-4H3,(H,19,23). The summed E-state index contributed by atoms with van der Waals surface area (Å²) in [5.74, 6) is -1.39. The highest BCUT2D eigenvalue weighted by molar-refractivity contribution is 6.06. The van der Waals surface area contributed by atoms with Gasteiger partial charge in [-0.25, -0.2) is 9.18 Å². The van der Waals surface area contributed by atoms with Gasteiger partial charge in [0, 0.05) is 0 Å². The fourth-order valence-corrected chi connectivity index (χ4v) is 2.54. The van der Waals surface area contributed by atoms with Crippen LogP contribution in [0.3, 0.4) is 0 Å². The molecule has 0 saturated carbocycles. The zero-order valence-electron chi connectivity index (χ0n) is 14.1. The summed E-state index contributed by atoms with van der Waals surface area (Å²) in [7, 11) is 0. The monoisotopic (exact) mass is 336 g/mol. The number of amides is 3. The van der Waals surface area contributed by atoms with Crippen molar-refractivity contribution < 1.29 is 23.5 Å². The molecule has 0 bridgehead atoms. The van der Waals surface area contributed by atoms with Gasteiger partial charge < -0.3 is 10.1 Å². The third-order valence-electron chi connectivity index (χ3n) is 3.59. The summed E-state index contributed by atoms with van der Waals surface area (Å²) in [6.07, 6.45) is -0.897. The minimum absolute atomic E-state index is 0.141. The molecule has 1 saturated heterocycles. The highest BCUT2D eigenvalue weighted by Gasteiger charge is 2.42. The van der Waals surface area contributed by atoms with Crippen LogP contribution in [0.1, 0.15) is 45.7 Å². The lowest BCUT2D eigenvalue weighted by Gasteiger charge is -2.24. The predicted molar refractivity (Wildman–Crippen MR) is 84.4 cm³/mol. The van der Waals surface area contributed by atoms with Crippen LogP contribution < -0.4 is 5.32 Å². The van der Waals surface area contributed by atoms with Crippen LogP contribution in [0.2, 0.25) is 0 Å². The van der Waals surface area contributed by atoms with E-state index in [1.807, 2.05) is 0 Å². The third-order valence-corrected chi connectivity index (χ3v) is 3.59. The van der Waals surface area contributed by atoms with Gasteiger partial charge in [-0.1, -0.05) is 12.1 Å². The Labute approximate surface area is 140 Å². The van der Waals surface area contributed by atoms with Gasteiger partial charge in [0.1, 0.15) is 17.5 Å². The molecule has 1 aliphatic heterocycles. The average Bonchev–Trinajstić information content (AvgIpc) is 2.70. The molecule has 0 spiro atoms. The van der Waals surface area contributed by atoms with E-state index in [4.69, 9.17) is 4.74 Å². The van der Waals surface area contributed by atoms with E-state index in [0.717, 1.165) is 4.90 Å². The van der Waals surface area contributed by atoms with Crippen molar-refractivity contribution in [3.63, 3.8) is 0 Å². The molecule has 24 heavy (non-hydrogen) atoms. The molecular weight excluding hydrogens is 315 g/mol. The van der Waals surface area contributed by atoms with Crippen molar-refractivity contribution in [1.29, 1.82) is 0 Å². The number of rotatable bonds is 3. The van der Waals surface area contributed by atoms with E-state index in [-0.39, 0.29) is 6.42 Å². The first-order valence-electron chi connectivity index (χ1n) is 7.69. The number of benzene rings is 1. The van der Waals surface area contributed by atoms with Gasteiger partial charge in [-0.15, -0.1) is 0 Å². The van der Waals surface area contributed by atoms with Gasteiger partial charge >= 0.3 is 6.09 Å². The summed E-state index contributed by atoms with van der Waals surface area (Å²) < 4.78 is 18.5. The number of ether oxygens (including phenoxy) is 1. The summed E-state index contributed by atoms with van der Waals surface area (Å²) in [5.41, 5.74) is -0.195. The average molecular weight is 336 g/mol. The molecule has 0 aromatic heterocycles. The first-order valence-corrected chi connectivity index (χ1v) is 7.69. The number of nitrogens with one attached hydrogen (secondary N) is 1. The van der Waals surface area contributed by atoms with Gasteiger partial charge in [0.2, 0.25) is 5.91 Å². The smallest absolute Gasteiger partial charge is 0.408 e. The Hall–Kier alpha value is -2.44. The van der Waals surface area contributed by atoms with E-state index < -0.39 is 41.4 Å². The van der Waals surface area contributed by atoms with E-state index in [9.17, 15) is 18.8 Å². The van der Waals surface area contributed by atoms with E-state index in [2.05, 4.69) is 5.32 Å². The minimum atomic E-state index is -0.969. The second-order valence-electron chi connectivity index (χ2n) is 6.74. The number of carbonyl (C=O) groups is 3. The van der Waals surface area contributed by atoms with Crippen molar-refractivity contribution in [2.75, 3.05) is 0 Å². The normalized spacial score (nSPS) is 19.4. The molecule has 0 radical (unpaired) electrons. The van der Waals surface area contributed by atoms with Crippen LogP contribution in [0.25, 0.3) is 0 Å². The molecule has 1 fully saturated rings. The SMILES string of the molecule is CC(c1cccc(F)c1)N1C(=O)CC(NC(=O)OC(C)(C)C)C1=O. The summed E-state index contributed by atoms with van der Waals surface area (Å²) >= 11 is 0. The highest BCUT2D eigenvalue weighted by atomic mass is 19.1. The Morgan fingerprint density at radius 2 is 2.04 bits per heavy atom. The summed E-state index contributed by atoms with van der Waals surface area (Å²) in [6.45, 7) is 6.74. The third kappa shape index (κ3) is 4.10. The number of hydrogen-bond acceptors (Lipinski definition) is 4. The number of carbonyl (C=O) groups excluding carboxylic acids is 3. The lowest BCUT2D eigenvalue weighted by Crippen LogP contribution is -2.44. The highest BCUT2D eigenvalue weighted by Crippen LogP contribution is 2.27. The van der Waals surface area contributed by atoms with Crippen LogP contribution in [-0.4, -0.2) is 34.5 Å². The number of likely N-dealkylation sites (tertiary alicyclic amines) is 1. The summed E-state index contributed by atoms with van der Waals surface area (Å²) in [6, 6.07) is 4.14. The van der Waals surface area contributed by atoms with Crippen LogP contribution in [0.5, 0.6) is 0 Å². The Morgan fingerprint density at radius 1 is 1.38 bits per heavy atom. The molecule has 7 heteroatoms. The van der Waals surface area contributed by atoms with Gasteiger partial charge in [0.15, 0.2) is 0 Å². The fourth-order valence-electron chi connectivity index (χ4n) is 2.54. The van der Waals surface area contributed by atoms with Crippen molar-refractivity contribution in [1.82, 2.24) is 10.2 Å². The first kappa shape index (κ1) is 17.9. The Morgan fingerprint density at radius 3 is 2.62 bits per heavy atom. The zero-order valence-corrected chi connectivity index (χ0v) is 14.1. The van der Waals surface area contributed by atoms with Crippen molar-refractivity contribution in [2.45, 2.75) is 51.8 Å². The molecular formula is C17H21FN2O4. The van der Waals surface area contributed by atoms with Gasteiger partial charge in [-0.05, 0) is 45.4 Å². The Kier molecular flexibility index (Phi) is 4.91. The maximum absolute atomic E-state index is 13.4. The largest absolute Gasteiger partial charge is 0.444 e. The molecule has 6 nitrogen and oxygen atoms in total. The fraction of sp³-hybridized carbons (Fsp3) is 0.471. The van der Waals surface area contributed by atoms with Crippen LogP contribution >= 0.6 is 0 Å². The quantitative estimate of drug-likeness (QED) is 0.861. The van der Waals surface area contributed by atoms with Crippen LogP contribution in [-0.2, 0) is 14.3 Å². The van der Waals surface area contributed by atoms with E-state index in [0.29, 0.717) is 5.56 Å². The number of imide groups is 1. The van der Waals surface area contributed by atoms with Gasteiger partial charge in [0.05, 0.1) is 12.5 Å². The van der Waals surface area contributed by atoms with Crippen LogP contribution in [0.15, 0.2) is 24.3 Å². The molecule has 1 heterocycles. The predicted octanol–water partition coefficient (Wildman–Crippen LogP) is 2.54. The molecule has 130 valence electrons. The first-order chi connectivity index (χ1) is 11.1. The minimum Gasteiger partial charge on any atom is -0.444 e. The van der Waals surface area contributed by atoms with Crippen LogP contribution in [0.4, 0.5) is 9.18 Å². The second-order valence-corrected chi connectivity index (χ2v) is 6.74. The zero-order chi connectivity index (χ0) is 18.1. The summed E-state index contributed by atoms with van der Waals surface area (Å²) in [5, 5.41) is 2.42. The molecule has 1 aromatic carbocycles.